The molecule has 1 atom stereocenters. The van der Waals surface area contributed by atoms with Crippen LogP contribution in [0.2, 0.25) is 0 Å². The van der Waals surface area contributed by atoms with Crippen LogP contribution in [-0.4, -0.2) is 38.0 Å². The zero-order valence-electron chi connectivity index (χ0n) is 14.7. The van der Waals surface area contributed by atoms with E-state index in [1.807, 2.05) is 37.4 Å². The van der Waals surface area contributed by atoms with Crippen LogP contribution in [0.15, 0.2) is 49.1 Å². The lowest BCUT2D eigenvalue weighted by atomic mass is 9.97. The summed E-state index contributed by atoms with van der Waals surface area (Å²) in [6, 6.07) is 7.71. The summed E-state index contributed by atoms with van der Waals surface area (Å²) in [6.07, 6.45) is 9.16. The number of anilines is 3. The van der Waals surface area contributed by atoms with Crippen molar-refractivity contribution >= 4 is 17.5 Å². The zero-order valence-corrected chi connectivity index (χ0v) is 14.7. The van der Waals surface area contributed by atoms with Crippen molar-refractivity contribution in [2.24, 2.45) is 0 Å². The second kappa shape index (κ2) is 7.43. The minimum absolute atomic E-state index is 0.273. The van der Waals surface area contributed by atoms with Gasteiger partial charge in [-0.15, -0.1) is 0 Å². The largest absolute Gasteiger partial charge is 0.355 e. The fraction of sp³-hybridized carbons (Fsp3) is 0.316. The average Bonchev–Trinajstić information content (AvgIpc) is 2.69. The van der Waals surface area contributed by atoms with E-state index in [2.05, 4.69) is 25.2 Å². The number of rotatable bonds is 4. The molecule has 7 heteroatoms. The van der Waals surface area contributed by atoms with E-state index in [1.165, 1.54) is 0 Å². The Labute approximate surface area is 152 Å². The molecule has 1 aliphatic rings. The highest BCUT2D eigenvalue weighted by atomic mass is 15.2. The van der Waals surface area contributed by atoms with Gasteiger partial charge in [0, 0.05) is 49.4 Å². The molecule has 26 heavy (non-hydrogen) atoms. The molecule has 0 unspecified atom stereocenters. The molecule has 0 radical (unpaired) electrons. The van der Waals surface area contributed by atoms with E-state index in [0.717, 1.165) is 54.9 Å². The number of pyridine rings is 1. The first-order valence-electron chi connectivity index (χ1n) is 8.82. The molecule has 4 rings (SSSR count). The topological polar surface area (TPSA) is 79.7 Å². The fourth-order valence-electron chi connectivity index (χ4n) is 3.26. The van der Waals surface area contributed by atoms with Gasteiger partial charge in [0.05, 0.1) is 6.20 Å². The zero-order chi connectivity index (χ0) is 17.8. The van der Waals surface area contributed by atoms with Crippen molar-refractivity contribution in [1.82, 2.24) is 24.9 Å². The third-order valence-electron chi connectivity index (χ3n) is 4.45. The number of hydrogen-bond donors (Lipinski definition) is 1. The highest BCUT2D eigenvalue weighted by Gasteiger charge is 2.25. The first-order valence-corrected chi connectivity index (χ1v) is 8.82. The quantitative estimate of drug-likeness (QED) is 0.777. The molecular formula is C19H21N7. The van der Waals surface area contributed by atoms with Crippen LogP contribution in [0.1, 0.15) is 30.3 Å². The third kappa shape index (κ3) is 3.77. The lowest BCUT2D eigenvalue weighted by Crippen LogP contribution is -2.35. The fourth-order valence-corrected chi connectivity index (χ4v) is 3.26. The number of nitrogens with one attached hydrogen (secondary N) is 1. The van der Waals surface area contributed by atoms with Crippen LogP contribution in [0.25, 0.3) is 0 Å². The molecule has 132 valence electrons. The third-order valence-corrected chi connectivity index (χ3v) is 4.45. The van der Waals surface area contributed by atoms with Gasteiger partial charge >= 0.3 is 0 Å². The molecule has 1 aliphatic heterocycles. The monoisotopic (exact) mass is 347 g/mol. The van der Waals surface area contributed by atoms with Crippen LogP contribution >= 0.6 is 0 Å². The van der Waals surface area contributed by atoms with E-state index in [-0.39, 0.29) is 5.92 Å². The van der Waals surface area contributed by atoms with Gasteiger partial charge in [-0.05, 0) is 31.9 Å². The summed E-state index contributed by atoms with van der Waals surface area (Å²) >= 11 is 0. The minimum atomic E-state index is 0.273. The maximum Gasteiger partial charge on any atom is 0.147 e. The molecule has 0 aliphatic carbocycles. The van der Waals surface area contributed by atoms with Gasteiger partial charge in [-0.2, -0.15) is 0 Å². The number of aromatic nitrogens is 5. The number of hydrogen-bond acceptors (Lipinski definition) is 7. The van der Waals surface area contributed by atoms with Gasteiger partial charge in [-0.3, -0.25) is 4.98 Å². The molecule has 3 aromatic heterocycles. The van der Waals surface area contributed by atoms with Gasteiger partial charge in [-0.25, -0.2) is 19.9 Å². The average molecular weight is 347 g/mol. The molecule has 7 nitrogen and oxygen atoms in total. The molecule has 4 heterocycles. The standard InChI is InChI=1S/C19H21N7/c1-14-11-17(24-16-6-2-3-7-21-16)25-19(23-14)15-5-4-10-26(13-15)18-12-20-8-9-22-18/h2-3,6-9,11-12,15H,4-5,10,13H2,1H3,(H,21,23,24,25)/t15-/m1/s1. The van der Waals surface area contributed by atoms with Crippen LogP contribution in [0.3, 0.4) is 0 Å². The number of nitrogens with zero attached hydrogens (tertiary/aromatic N) is 6. The van der Waals surface area contributed by atoms with Crippen LogP contribution in [-0.2, 0) is 0 Å². The summed E-state index contributed by atoms with van der Waals surface area (Å²) in [5, 5.41) is 3.27. The van der Waals surface area contributed by atoms with Crippen molar-refractivity contribution in [3.05, 3.63) is 60.6 Å². The lowest BCUT2D eigenvalue weighted by molar-refractivity contribution is 0.488. The van der Waals surface area contributed by atoms with Gasteiger partial charge in [0.25, 0.3) is 0 Å². The van der Waals surface area contributed by atoms with E-state index in [1.54, 1.807) is 18.6 Å². The predicted molar refractivity (Wildman–Crippen MR) is 101 cm³/mol. The summed E-state index contributed by atoms with van der Waals surface area (Å²) < 4.78 is 0. The first-order chi connectivity index (χ1) is 12.8. The Hall–Kier alpha value is -3.09. The Morgan fingerprint density at radius 2 is 2.04 bits per heavy atom. The number of aryl methyl sites for hydroxylation is 1. The molecular weight excluding hydrogens is 326 g/mol. The Morgan fingerprint density at radius 1 is 1.08 bits per heavy atom. The molecule has 0 saturated carbocycles. The summed E-state index contributed by atoms with van der Waals surface area (Å²) in [7, 11) is 0. The maximum atomic E-state index is 4.76. The van der Waals surface area contributed by atoms with Crippen LogP contribution in [0.4, 0.5) is 17.5 Å². The van der Waals surface area contributed by atoms with Crippen molar-refractivity contribution in [2.75, 3.05) is 23.3 Å². The maximum absolute atomic E-state index is 4.76. The van der Waals surface area contributed by atoms with Crippen molar-refractivity contribution in [2.45, 2.75) is 25.7 Å². The second-order valence-corrected chi connectivity index (χ2v) is 6.44. The summed E-state index contributed by atoms with van der Waals surface area (Å²) in [5.74, 6) is 3.62. The van der Waals surface area contributed by atoms with Crippen LogP contribution in [0.5, 0.6) is 0 Å². The molecule has 0 bridgehead atoms. The molecule has 0 spiro atoms. The first kappa shape index (κ1) is 16.4. The van der Waals surface area contributed by atoms with Crippen molar-refractivity contribution in [3.8, 4) is 0 Å². The number of piperidine rings is 1. The Bertz CT molecular complexity index is 854. The predicted octanol–water partition coefficient (Wildman–Crippen LogP) is 3.10. The van der Waals surface area contributed by atoms with Gasteiger partial charge in [0.2, 0.25) is 0 Å². The van der Waals surface area contributed by atoms with E-state index < -0.39 is 0 Å². The molecule has 0 amide bonds. The van der Waals surface area contributed by atoms with Gasteiger partial charge in [0.15, 0.2) is 0 Å². The smallest absolute Gasteiger partial charge is 0.147 e. The summed E-state index contributed by atoms with van der Waals surface area (Å²) in [4.78, 5) is 24.6. The van der Waals surface area contributed by atoms with Crippen molar-refractivity contribution in [1.29, 1.82) is 0 Å². The van der Waals surface area contributed by atoms with E-state index >= 15 is 0 Å². The lowest BCUT2D eigenvalue weighted by Gasteiger charge is -2.32. The highest BCUT2D eigenvalue weighted by molar-refractivity contribution is 5.51. The van der Waals surface area contributed by atoms with Crippen LogP contribution < -0.4 is 10.2 Å². The Kier molecular flexibility index (Phi) is 4.68. The van der Waals surface area contributed by atoms with Gasteiger partial charge in [-0.1, -0.05) is 6.07 Å². The SMILES string of the molecule is Cc1cc(Nc2ccccn2)nc([C@@H]2CCCN(c3cnccn3)C2)n1. The summed E-state index contributed by atoms with van der Waals surface area (Å²) in [6.45, 7) is 3.84. The molecule has 3 aromatic rings. The summed E-state index contributed by atoms with van der Waals surface area (Å²) in [5.41, 5.74) is 0.949. The highest BCUT2D eigenvalue weighted by Crippen LogP contribution is 2.28. The van der Waals surface area contributed by atoms with E-state index in [0.29, 0.717) is 0 Å². The van der Waals surface area contributed by atoms with Crippen LogP contribution in [0, 0.1) is 6.92 Å². The van der Waals surface area contributed by atoms with E-state index in [4.69, 9.17) is 9.97 Å². The van der Waals surface area contributed by atoms with Gasteiger partial charge < -0.3 is 10.2 Å². The van der Waals surface area contributed by atoms with Gasteiger partial charge in [0.1, 0.15) is 23.3 Å². The van der Waals surface area contributed by atoms with E-state index in [9.17, 15) is 0 Å². The molecule has 1 N–H and O–H groups in total. The minimum Gasteiger partial charge on any atom is -0.355 e. The van der Waals surface area contributed by atoms with Crippen molar-refractivity contribution in [3.63, 3.8) is 0 Å². The Balaban J connectivity index is 1.55. The Morgan fingerprint density at radius 3 is 2.85 bits per heavy atom. The molecule has 1 saturated heterocycles. The van der Waals surface area contributed by atoms with Crippen molar-refractivity contribution < 1.29 is 0 Å². The molecule has 0 aromatic carbocycles. The second-order valence-electron chi connectivity index (χ2n) is 6.44. The molecule has 1 fully saturated rings. The normalized spacial score (nSPS) is 17.1.